The van der Waals surface area contributed by atoms with Gasteiger partial charge in [-0.2, -0.15) is 0 Å². The lowest BCUT2D eigenvalue weighted by molar-refractivity contribution is 0.208. The second-order valence-electron chi connectivity index (χ2n) is 6.60. The minimum atomic E-state index is -0.809. The molecule has 0 spiro atoms. The fourth-order valence-electron chi connectivity index (χ4n) is 3.10. The van der Waals surface area contributed by atoms with E-state index in [1.54, 1.807) is 12.3 Å². The number of hydrogen-bond donors (Lipinski definition) is 2. The SMILES string of the molecule is O=C(Nc1c(F)cccc1F)N1CCN(c2cc(Nc3ccccn3)ncn2)CC1. The molecule has 1 fully saturated rings. The third-order valence-electron chi connectivity index (χ3n) is 4.66. The summed E-state index contributed by atoms with van der Waals surface area (Å²) in [6.07, 6.45) is 3.14. The van der Waals surface area contributed by atoms with Crippen molar-refractivity contribution >= 4 is 29.2 Å². The maximum Gasteiger partial charge on any atom is 0.322 e. The molecule has 1 saturated heterocycles. The van der Waals surface area contributed by atoms with Crippen molar-refractivity contribution in [2.45, 2.75) is 0 Å². The molecular formula is C20H19F2N7O. The Morgan fingerprint density at radius 3 is 2.37 bits per heavy atom. The van der Waals surface area contributed by atoms with Crippen molar-refractivity contribution in [3.63, 3.8) is 0 Å². The molecule has 154 valence electrons. The number of anilines is 4. The van der Waals surface area contributed by atoms with Crippen LogP contribution in [0.25, 0.3) is 0 Å². The fraction of sp³-hybridized carbons (Fsp3) is 0.200. The molecule has 2 aromatic heterocycles. The van der Waals surface area contributed by atoms with Crippen molar-refractivity contribution in [2.24, 2.45) is 0 Å². The Morgan fingerprint density at radius 1 is 0.900 bits per heavy atom. The molecule has 0 bridgehead atoms. The van der Waals surface area contributed by atoms with E-state index in [9.17, 15) is 13.6 Å². The fourth-order valence-corrected chi connectivity index (χ4v) is 3.10. The lowest BCUT2D eigenvalue weighted by Gasteiger charge is -2.35. The van der Waals surface area contributed by atoms with E-state index in [2.05, 4.69) is 25.6 Å². The van der Waals surface area contributed by atoms with Crippen LogP contribution in [0.1, 0.15) is 0 Å². The van der Waals surface area contributed by atoms with E-state index in [-0.39, 0.29) is 0 Å². The number of para-hydroxylation sites is 1. The lowest BCUT2D eigenvalue weighted by Crippen LogP contribution is -2.50. The minimum absolute atomic E-state index is 0.384. The molecular weight excluding hydrogens is 392 g/mol. The summed E-state index contributed by atoms with van der Waals surface area (Å²) in [5.41, 5.74) is -0.439. The minimum Gasteiger partial charge on any atom is -0.353 e. The van der Waals surface area contributed by atoms with Gasteiger partial charge >= 0.3 is 6.03 Å². The molecule has 1 aromatic carbocycles. The molecule has 0 atom stereocenters. The predicted octanol–water partition coefficient (Wildman–Crippen LogP) is 3.25. The van der Waals surface area contributed by atoms with Gasteiger partial charge in [-0.25, -0.2) is 28.5 Å². The highest BCUT2D eigenvalue weighted by Gasteiger charge is 2.23. The van der Waals surface area contributed by atoms with Gasteiger partial charge in [0.2, 0.25) is 0 Å². The number of urea groups is 1. The van der Waals surface area contributed by atoms with Crippen molar-refractivity contribution in [2.75, 3.05) is 41.7 Å². The van der Waals surface area contributed by atoms with Gasteiger partial charge in [-0.3, -0.25) is 0 Å². The van der Waals surface area contributed by atoms with E-state index < -0.39 is 23.4 Å². The summed E-state index contributed by atoms with van der Waals surface area (Å²) in [7, 11) is 0. The summed E-state index contributed by atoms with van der Waals surface area (Å²) in [4.78, 5) is 28.6. The first-order chi connectivity index (χ1) is 14.6. The predicted molar refractivity (Wildman–Crippen MR) is 109 cm³/mol. The van der Waals surface area contributed by atoms with Gasteiger partial charge in [0, 0.05) is 38.4 Å². The summed E-state index contributed by atoms with van der Waals surface area (Å²) in [5, 5.41) is 5.43. The highest BCUT2D eigenvalue weighted by atomic mass is 19.1. The number of pyridine rings is 1. The first kappa shape index (κ1) is 19.5. The van der Waals surface area contributed by atoms with E-state index in [0.29, 0.717) is 43.6 Å². The van der Waals surface area contributed by atoms with Gasteiger partial charge in [0.25, 0.3) is 0 Å². The van der Waals surface area contributed by atoms with Gasteiger partial charge in [0.1, 0.15) is 41.1 Å². The van der Waals surface area contributed by atoms with E-state index in [1.165, 1.54) is 17.3 Å². The number of halogens is 2. The van der Waals surface area contributed by atoms with Gasteiger partial charge in [-0.1, -0.05) is 12.1 Å². The Labute approximate surface area is 171 Å². The third-order valence-corrected chi connectivity index (χ3v) is 4.66. The Bertz CT molecular complexity index is 1010. The molecule has 0 unspecified atom stereocenters. The van der Waals surface area contributed by atoms with Crippen molar-refractivity contribution in [3.8, 4) is 0 Å². The Kier molecular flexibility index (Phi) is 5.64. The average molecular weight is 411 g/mol. The van der Waals surface area contributed by atoms with Crippen molar-refractivity contribution in [1.82, 2.24) is 19.9 Å². The monoisotopic (exact) mass is 411 g/mol. The average Bonchev–Trinajstić information content (AvgIpc) is 2.77. The molecule has 0 saturated carbocycles. The molecule has 3 aromatic rings. The van der Waals surface area contributed by atoms with Crippen LogP contribution in [-0.2, 0) is 0 Å². The molecule has 1 aliphatic rings. The largest absolute Gasteiger partial charge is 0.353 e. The molecule has 10 heteroatoms. The van der Waals surface area contributed by atoms with Crippen molar-refractivity contribution in [1.29, 1.82) is 0 Å². The van der Waals surface area contributed by atoms with E-state index in [4.69, 9.17) is 0 Å². The highest BCUT2D eigenvalue weighted by molar-refractivity contribution is 5.89. The number of carbonyl (C=O) groups excluding carboxylic acids is 1. The zero-order valence-corrected chi connectivity index (χ0v) is 15.9. The Balaban J connectivity index is 1.36. The van der Waals surface area contributed by atoms with Gasteiger partial charge in [-0.15, -0.1) is 0 Å². The maximum absolute atomic E-state index is 13.7. The number of carbonyl (C=O) groups is 1. The quantitative estimate of drug-likeness (QED) is 0.686. The highest BCUT2D eigenvalue weighted by Crippen LogP contribution is 2.21. The second kappa shape index (κ2) is 8.68. The molecule has 8 nitrogen and oxygen atoms in total. The molecule has 0 radical (unpaired) electrons. The Hall–Kier alpha value is -3.82. The first-order valence-electron chi connectivity index (χ1n) is 9.35. The van der Waals surface area contributed by atoms with E-state index >= 15 is 0 Å². The number of nitrogens with zero attached hydrogens (tertiary/aromatic N) is 5. The molecule has 1 aliphatic heterocycles. The summed E-state index contributed by atoms with van der Waals surface area (Å²) in [6, 6.07) is 10.2. The topological polar surface area (TPSA) is 86.3 Å². The smallest absolute Gasteiger partial charge is 0.322 e. The number of piperazine rings is 1. The van der Waals surface area contributed by atoms with Crippen LogP contribution in [0, 0.1) is 11.6 Å². The summed E-state index contributed by atoms with van der Waals surface area (Å²) in [5.74, 6) is 0.369. The number of aromatic nitrogens is 3. The summed E-state index contributed by atoms with van der Waals surface area (Å²) >= 11 is 0. The van der Waals surface area contributed by atoms with Crippen LogP contribution in [0.4, 0.5) is 36.7 Å². The number of benzene rings is 1. The van der Waals surface area contributed by atoms with Crippen LogP contribution < -0.4 is 15.5 Å². The van der Waals surface area contributed by atoms with E-state index in [0.717, 1.165) is 12.1 Å². The van der Waals surface area contributed by atoms with Crippen molar-refractivity contribution < 1.29 is 13.6 Å². The van der Waals surface area contributed by atoms with Crippen LogP contribution >= 0.6 is 0 Å². The maximum atomic E-state index is 13.7. The molecule has 30 heavy (non-hydrogen) atoms. The second-order valence-corrected chi connectivity index (χ2v) is 6.60. The van der Waals surface area contributed by atoms with Crippen LogP contribution in [0.3, 0.4) is 0 Å². The van der Waals surface area contributed by atoms with Gasteiger partial charge in [0.15, 0.2) is 0 Å². The van der Waals surface area contributed by atoms with Crippen LogP contribution in [0.5, 0.6) is 0 Å². The number of amides is 2. The zero-order valence-electron chi connectivity index (χ0n) is 15.9. The first-order valence-corrected chi connectivity index (χ1v) is 9.35. The number of rotatable bonds is 4. The number of hydrogen-bond acceptors (Lipinski definition) is 6. The Morgan fingerprint density at radius 2 is 1.67 bits per heavy atom. The zero-order chi connectivity index (χ0) is 20.9. The molecule has 2 N–H and O–H groups in total. The standard InChI is InChI=1S/C20H19F2N7O/c21-14-4-3-5-15(22)19(14)27-20(30)29-10-8-28(9-11-29)18-12-17(24-13-25-18)26-16-6-1-2-7-23-16/h1-7,12-13H,8-11H2,(H,27,30)(H,23,24,25,26). The third kappa shape index (κ3) is 4.43. The molecule has 4 rings (SSSR count). The lowest BCUT2D eigenvalue weighted by atomic mass is 10.3. The summed E-state index contributed by atoms with van der Waals surface area (Å²) < 4.78 is 27.5. The van der Waals surface area contributed by atoms with Crippen LogP contribution in [0.2, 0.25) is 0 Å². The van der Waals surface area contributed by atoms with Gasteiger partial charge in [-0.05, 0) is 24.3 Å². The summed E-state index contributed by atoms with van der Waals surface area (Å²) in [6.45, 7) is 1.81. The van der Waals surface area contributed by atoms with Crippen LogP contribution in [0.15, 0.2) is 55.0 Å². The van der Waals surface area contributed by atoms with Crippen molar-refractivity contribution in [3.05, 3.63) is 66.6 Å². The van der Waals surface area contributed by atoms with E-state index in [1.807, 2.05) is 23.1 Å². The molecule has 3 heterocycles. The van der Waals surface area contributed by atoms with Gasteiger partial charge in [0.05, 0.1) is 0 Å². The molecule has 2 amide bonds. The van der Waals surface area contributed by atoms with Gasteiger partial charge < -0.3 is 20.4 Å². The normalized spacial score (nSPS) is 13.8. The number of nitrogens with one attached hydrogen (secondary N) is 2. The van der Waals surface area contributed by atoms with Crippen LogP contribution in [-0.4, -0.2) is 52.1 Å². The molecule has 0 aliphatic carbocycles.